The van der Waals surface area contributed by atoms with Crippen molar-refractivity contribution in [1.29, 1.82) is 0 Å². The zero-order valence-corrected chi connectivity index (χ0v) is 11.3. The highest BCUT2D eigenvalue weighted by Gasteiger charge is 2.07. The van der Waals surface area contributed by atoms with Crippen LogP contribution in [0.4, 0.5) is 11.8 Å². The summed E-state index contributed by atoms with van der Waals surface area (Å²) in [6, 6.07) is 0. The van der Waals surface area contributed by atoms with Crippen LogP contribution < -0.4 is 11.1 Å². The van der Waals surface area contributed by atoms with Gasteiger partial charge in [-0.25, -0.2) is 4.98 Å². The van der Waals surface area contributed by atoms with Crippen LogP contribution in [0.5, 0.6) is 0 Å². The minimum Gasteiger partial charge on any atom is -0.368 e. The Labute approximate surface area is 119 Å². The largest absolute Gasteiger partial charge is 0.368 e. The van der Waals surface area contributed by atoms with Gasteiger partial charge < -0.3 is 16.0 Å². The summed E-state index contributed by atoms with van der Waals surface area (Å²) in [6.45, 7) is 1.49. The highest BCUT2D eigenvalue weighted by atomic mass is 35.5. The van der Waals surface area contributed by atoms with Crippen molar-refractivity contribution >= 4 is 34.5 Å². The van der Waals surface area contributed by atoms with Crippen LogP contribution in [0.15, 0.2) is 18.7 Å². The van der Waals surface area contributed by atoms with E-state index in [0.29, 0.717) is 16.5 Å². The number of halogens is 1. The highest BCUT2D eigenvalue weighted by molar-refractivity contribution is 6.30. The number of aromatic amines is 1. The summed E-state index contributed by atoms with van der Waals surface area (Å²) < 4.78 is 1.80. The van der Waals surface area contributed by atoms with Crippen LogP contribution in [0.2, 0.25) is 5.02 Å². The predicted octanol–water partition coefficient (Wildman–Crippen LogP) is 1.29. The second-order valence-electron chi connectivity index (χ2n) is 4.23. The van der Waals surface area contributed by atoms with Crippen molar-refractivity contribution in [2.24, 2.45) is 0 Å². The lowest BCUT2D eigenvalue weighted by molar-refractivity contribution is 0.591. The number of nitrogen functional groups attached to an aromatic ring is 1. The quantitative estimate of drug-likeness (QED) is 0.611. The smallest absolute Gasteiger partial charge is 0.224 e. The van der Waals surface area contributed by atoms with Crippen LogP contribution >= 0.6 is 11.6 Å². The molecule has 0 aliphatic carbocycles. The van der Waals surface area contributed by atoms with Gasteiger partial charge in [0.15, 0.2) is 11.5 Å². The van der Waals surface area contributed by atoms with Crippen LogP contribution in [0.1, 0.15) is 6.42 Å². The molecule has 0 aliphatic heterocycles. The third-order valence-electron chi connectivity index (χ3n) is 2.76. The molecule has 0 saturated heterocycles. The first kappa shape index (κ1) is 12.7. The molecule has 0 spiro atoms. The normalized spacial score (nSPS) is 11.1. The second-order valence-corrected chi connectivity index (χ2v) is 4.67. The molecular formula is C11H13ClN8. The summed E-state index contributed by atoms with van der Waals surface area (Å²) in [4.78, 5) is 15.2. The molecule has 0 atom stereocenters. The number of fused-ring (bicyclic) bond motifs is 1. The minimum absolute atomic E-state index is 0.200. The van der Waals surface area contributed by atoms with Crippen molar-refractivity contribution < 1.29 is 0 Å². The second kappa shape index (κ2) is 5.33. The Hall–Kier alpha value is -2.35. The number of aromatic nitrogens is 6. The summed E-state index contributed by atoms with van der Waals surface area (Å²) >= 11 is 5.80. The fourth-order valence-electron chi connectivity index (χ4n) is 1.89. The number of nitrogens with zero attached hydrogens (tertiary/aromatic N) is 5. The van der Waals surface area contributed by atoms with E-state index >= 15 is 0 Å². The number of nitrogens with two attached hydrogens (primary N) is 1. The van der Waals surface area contributed by atoms with Gasteiger partial charge in [-0.15, -0.1) is 0 Å². The van der Waals surface area contributed by atoms with E-state index in [1.54, 1.807) is 23.4 Å². The van der Waals surface area contributed by atoms with E-state index in [0.717, 1.165) is 25.0 Å². The first-order valence-electron chi connectivity index (χ1n) is 6.11. The first-order chi connectivity index (χ1) is 9.72. The summed E-state index contributed by atoms with van der Waals surface area (Å²) in [6.07, 6.45) is 5.85. The van der Waals surface area contributed by atoms with Gasteiger partial charge in [0.1, 0.15) is 5.52 Å². The Morgan fingerprint density at radius 2 is 2.30 bits per heavy atom. The summed E-state index contributed by atoms with van der Waals surface area (Å²) in [5.74, 6) is 0.856. The van der Waals surface area contributed by atoms with E-state index < -0.39 is 0 Å². The molecule has 0 aromatic carbocycles. The molecule has 0 radical (unpaired) electrons. The fraction of sp³-hybridized carbons (Fsp3) is 0.273. The standard InChI is InChI=1S/C11H13ClN8/c12-7-4-17-20(5-7)3-1-2-14-9-8-10(16-6-15-8)19-11(13)18-9/h4-6H,1-3H2,(H4,13,14,15,16,18,19). The van der Waals surface area contributed by atoms with Gasteiger partial charge in [0.25, 0.3) is 0 Å². The Kier molecular flexibility index (Phi) is 3.38. The number of anilines is 2. The van der Waals surface area contributed by atoms with Gasteiger partial charge in [-0.3, -0.25) is 4.68 Å². The van der Waals surface area contributed by atoms with E-state index in [9.17, 15) is 0 Å². The number of rotatable bonds is 5. The minimum atomic E-state index is 0.200. The maximum absolute atomic E-state index is 5.80. The average Bonchev–Trinajstić information content (AvgIpc) is 3.03. The number of hydrogen-bond donors (Lipinski definition) is 3. The average molecular weight is 293 g/mol. The van der Waals surface area contributed by atoms with Crippen LogP contribution in [0.25, 0.3) is 11.2 Å². The van der Waals surface area contributed by atoms with Crippen molar-refractivity contribution in [2.45, 2.75) is 13.0 Å². The van der Waals surface area contributed by atoms with Gasteiger partial charge in [0.2, 0.25) is 5.95 Å². The number of H-pyrrole nitrogens is 1. The molecule has 3 aromatic rings. The van der Waals surface area contributed by atoms with E-state index in [1.165, 1.54) is 0 Å². The Morgan fingerprint density at radius 1 is 1.40 bits per heavy atom. The Balaban J connectivity index is 1.61. The van der Waals surface area contributed by atoms with Gasteiger partial charge in [0.05, 0.1) is 17.5 Å². The monoisotopic (exact) mass is 292 g/mol. The molecule has 0 amide bonds. The van der Waals surface area contributed by atoms with Gasteiger partial charge in [-0.1, -0.05) is 11.6 Å². The molecule has 0 bridgehead atoms. The predicted molar refractivity (Wildman–Crippen MR) is 76.4 cm³/mol. The maximum Gasteiger partial charge on any atom is 0.224 e. The first-order valence-corrected chi connectivity index (χ1v) is 6.48. The molecule has 0 aliphatic rings. The third-order valence-corrected chi connectivity index (χ3v) is 2.96. The van der Waals surface area contributed by atoms with Gasteiger partial charge in [-0.05, 0) is 6.42 Å². The van der Waals surface area contributed by atoms with Crippen LogP contribution in [0, 0.1) is 0 Å². The molecule has 3 rings (SSSR count). The van der Waals surface area contributed by atoms with Crippen molar-refractivity contribution in [3.8, 4) is 0 Å². The van der Waals surface area contributed by atoms with E-state index in [4.69, 9.17) is 17.3 Å². The Bertz CT molecular complexity index is 718. The lowest BCUT2D eigenvalue weighted by Crippen LogP contribution is -2.09. The van der Waals surface area contributed by atoms with Gasteiger partial charge in [-0.2, -0.15) is 15.1 Å². The molecule has 0 fully saturated rings. The fourth-order valence-corrected chi connectivity index (χ4v) is 2.04. The van der Waals surface area contributed by atoms with Crippen LogP contribution in [0.3, 0.4) is 0 Å². The topological polar surface area (TPSA) is 110 Å². The van der Waals surface area contributed by atoms with Crippen LogP contribution in [-0.4, -0.2) is 36.3 Å². The third kappa shape index (κ3) is 2.64. The van der Waals surface area contributed by atoms with E-state index in [-0.39, 0.29) is 5.95 Å². The Morgan fingerprint density at radius 3 is 3.10 bits per heavy atom. The molecular weight excluding hydrogens is 280 g/mol. The molecule has 0 saturated carbocycles. The molecule has 0 unspecified atom stereocenters. The molecule has 20 heavy (non-hydrogen) atoms. The zero-order valence-electron chi connectivity index (χ0n) is 10.5. The number of aryl methyl sites for hydroxylation is 1. The van der Waals surface area contributed by atoms with Gasteiger partial charge in [0, 0.05) is 19.3 Å². The lowest BCUT2D eigenvalue weighted by Gasteiger charge is -2.07. The molecule has 8 nitrogen and oxygen atoms in total. The molecule has 3 heterocycles. The zero-order chi connectivity index (χ0) is 13.9. The van der Waals surface area contributed by atoms with Crippen molar-refractivity contribution in [2.75, 3.05) is 17.6 Å². The van der Waals surface area contributed by atoms with E-state index in [1.807, 2.05) is 0 Å². The van der Waals surface area contributed by atoms with E-state index in [2.05, 4.69) is 30.4 Å². The highest BCUT2D eigenvalue weighted by Crippen LogP contribution is 2.17. The van der Waals surface area contributed by atoms with Crippen LogP contribution in [-0.2, 0) is 6.54 Å². The molecule has 104 valence electrons. The SMILES string of the molecule is Nc1nc(NCCCn2cc(Cl)cn2)c2[nH]cnc2n1. The summed E-state index contributed by atoms with van der Waals surface area (Å²) in [5.41, 5.74) is 6.94. The van der Waals surface area contributed by atoms with Gasteiger partial charge >= 0.3 is 0 Å². The molecule has 9 heteroatoms. The lowest BCUT2D eigenvalue weighted by atomic mass is 10.4. The maximum atomic E-state index is 5.80. The van der Waals surface area contributed by atoms with Crippen molar-refractivity contribution in [3.63, 3.8) is 0 Å². The molecule has 3 aromatic heterocycles. The number of imidazole rings is 1. The summed E-state index contributed by atoms with van der Waals surface area (Å²) in [5, 5.41) is 7.97. The number of nitrogens with one attached hydrogen (secondary N) is 2. The number of hydrogen-bond acceptors (Lipinski definition) is 6. The van der Waals surface area contributed by atoms with Crippen molar-refractivity contribution in [3.05, 3.63) is 23.7 Å². The van der Waals surface area contributed by atoms with Crippen molar-refractivity contribution in [1.82, 2.24) is 29.7 Å². The molecule has 4 N–H and O–H groups in total. The summed E-state index contributed by atoms with van der Waals surface area (Å²) in [7, 11) is 0.